The number of rotatable bonds is 8. The van der Waals surface area contributed by atoms with Crippen LogP contribution >= 0.6 is 24.0 Å². The Morgan fingerprint density at radius 3 is 2.66 bits per heavy atom. The van der Waals surface area contributed by atoms with Crippen LogP contribution in [-0.2, 0) is 9.53 Å². The van der Waals surface area contributed by atoms with Crippen molar-refractivity contribution in [3.63, 3.8) is 0 Å². The van der Waals surface area contributed by atoms with Crippen molar-refractivity contribution < 1.29 is 9.53 Å². The first-order valence-electron chi connectivity index (χ1n) is 9.99. The van der Waals surface area contributed by atoms with E-state index in [9.17, 15) is 4.79 Å². The van der Waals surface area contributed by atoms with E-state index in [0.717, 1.165) is 44.5 Å². The lowest BCUT2D eigenvalue weighted by atomic mass is 10.0. The Balaban J connectivity index is 0.00000420. The van der Waals surface area contributed by atoms with Gasteiger partial charge in [0.15, 0.2) is 5.96 Å². The number of pyridine rings is 1. The van der Waals surface area contributed by atoms with Crippen LogP contribution in [0.2, 0.25) is 0 Å². The number of carbonyl (C=O) groups excluding carboxylic acids is 1. The first-order valence-corrected chi connectivity index (χ1v) is 9.99. The van der Waals surface area contributed by atoms with Crippen molar-refractivity contribution in [2.75, 3.05) is 51.3 Å². The number of morpholine rings is 1. The summed E-state index contributed by atoms with van der Waals surface area (Å²) in [4.78, 5) is 23.5. The maximum Gasteiger partial charge on any atom is 0.227 e. The fourth-order valence-electron chi connectivity index (χ4n) is 3.00. The van der Waals surface area contributed by atoms with Gasteiger partial charge in [-0.1, -0.05) is 6.07 Å². The molecule has 0 aromatic carbocycles. The van der Waals surface area contributed by atoms with Gasteiger partial charge in [0.05, 0.1) is 19.8 Å². The molecule has 29 heavy (non-hydrogen) atoms. The molecule has 0 atom stereocenters. The van der Waals surface area contributed by atoms with Crippen LogP contribution < -0.4 is 16.0 Å². The van der Waals surface area contributed by atoms with Gasteiger partial charge in [0.2, 0.25) is 5.91 Å². The highest BCUT2D eigenvalue weighted by molar-refractivity contribution is 14.0. The molecule has 1 fully saturated rings. The summed E-state index contributed by atoms with van der Waals surface area (Å²) in [6, 6.07) is 5.56. The molecule has 1 aromatic heterocycles. The normalized spacial score (nSPS) is 15.4. The van der Waals surface area contributed by atoms with Crippen molar-refractivity contribution in [2.45, 2.75) is 39.7 Å². The number of halogens is 1. The van der Waals surface area contributed by atoms with Gasteiger partial charge in [0.1, 0.15) is 5.82 Å². The zero-order valence-electron chi connectivity index (χ0n) is 18.0. The smallest absolute Gasteiger partial charge is 0.227 e. The lowest BCUT2D eigenvalue weighted by Gasteiger charge is -2.39. The Bertz CT molecular complexity index is 662. The van der Waals surface area contributed by atoms with E-state index in [1.165, 1.54) is 0 Å². The van der Waals surface area contributed by atoms with Crippen molar-refractivity contribution >= 4 is 41.7 Å². The van der Waals surface area contributed by atoms with Crippen molar-refractivity contribution in [3.05, 3.63) is 23.9 Å². The molecule has 1 amide bonds. The maximum absolute atomic E-state index is 12.1. The molecule has 1 aromatic rings. The number of aryl methyl sites for hydroxylation is 1. The number of anilines is 1. The van der Waals surface area contributed by atoms with Gasteiger partial charge in [-0.3, -0.25) is 14.7 Å². The molecule has 1 aliphatic rings. The minimum Gasteiger partial charge on any atom is -0.379 e. The quantitative estimate of drug-likeness (QED) is 0.277. The Morgan fingerprint density at radius 1 is 1.28 bits per heavy atom. The fourth-order valence-corrected chi connectivity index (χ4v) is 3.00. The second-order valence-corrected chi connectivity index (χ2v) is 7.50. The number of nitrogens with one attached hydrogen (secondary N) is 3. The summed E-state index contributed by atoms with van der Waals surface area (Å²) in [5.41, 5.74) is 0.834. The predicted octanol–water partition coefficient (Wildman–Crippen LogP) is 2.00. The molecule has 1 saturated heterocycles. The molecule has 0 spiro atoms. The van der Waals surface area contributed by atoms with E-state index in [4.69, 9.17) is 9.73 Å². The highest BCUT2D eigenvalue weighted by atomic mass is 127. The van der Waals surface area contributed by atoms with E-state index in [0.29, 0.717) is 25.3 Å². The van der Waals surface area contributed by atoms with E-state index >= 15 is 0 Å². The topological polar surface area (TPSA) is 90.9 Å². The highest BCUT2D eigenvalue weighted by Gasteiger charge is 2.28. The number of amides is 1. The van der Waals surface area contributed by atoms with Crippen LogP contribution in [0.25, 0.3) is 0 Å². The van der Waals surface area contributed by atoms with Gasteiger partial charge in [-0.25, -0.2) is 4.98 Å². The van der Waals surface area contributed by atoms with Gasteiger partial charge < -0.3 is 20.7 Å². The average molecular weight is 518 g/mol. The fraction of sp³-hybridized carbons (Fsp3) is 0.650. The summed E-state index contributed by atoms with van der Waals surface area (Å²) in [5.74, 6) is 1.23. The lowest BCUT2D eigenvalue weighted by Crippen LogP contribution is -2.52. The zero-order chi connectivity index (χ0) is 20.4. The third kappa shape index (κ3) is 9.26. The molecule has 3 N–H and O–H groups in total. The molecular formula is C20H35IN6O2. The van der Waals surface area contributed by atoms with Crippen molar-refractivity contribution in [1.29, 1.82) is 0 Å². The molecule has 0 bridgehead atoms. The minimum atomic E-state index is -0.0740. The van der Waals surface area contributed by atoms with Gasteiger partial charge in [-0.15, -0.1) is 24.0 Å². The third-order valence-corrected chi connectivity index (χ3v) is 4.64. The SMILES string of the molecule is CCNC(=NCC(C)(C)N1CCOCC1)NCCC(=O)Nc1cccc(C)n1.I. The summed E-state index contributed by atoms with van der Waals surface area (Å²) in [6.45, 7) is 13.7. The summed E-state index contributed by atoms with van der Waals surface area (Å²) in [7, 11) is 0. The first kappa shape index (κ1) is 25.6. The van der Waals surface area contributed by atoms with Gasteiger partial charge in [-0.2, -0.15) is 0 Å². The lowest BCUT2D eigenvalue weighted by molar-refractivity contribution is -0.116. The van der Waals surface area contributed by atoms with Crippen molar-refractivity contribution in [3.8, 4) is 0 Å². The molecule has 0 radical (unpaired) electrons. The van der Waals surface area contributed by atoms with Crippen LogP contribution in [0.15, 0.2) is 23.2 Å². The Morgan fingerprint density at radius 2 is 2.00 bits per heavy atom. The number of aliphatic imine (C=N–C) groups is 1. The Labute approximate surface area is 191 Å². The van der Waals surface area contributed by atoms with Crippen LogP contribution in [0.5, 0.6) is 0 Å². The number of carbonyl (C=O) groups is 1. The molecular weight excluding hydrogens is 483 g/mol. The van der Waals surface area contributed by atoms with Gasteiger partial charge in [-0.05, 0) is 39.8 Å². The second-order valence-electron chi connectivity index (χ2n) is 7.50. The number of hydrogen-bond donors (Lipinski definition) is 3. The van der Waals surface area contributed by atoms with Gasteiger partial charge in [0, 0.05) is 43.8 Å². The largest absolute Gasteiger partial charge is 0.379 e. The number of nitrogens with zero attached hydrogens (tertiary/aromatic N) is 3. The van der Waals surface area contributed by atoms with Gasteiger partial charge >= 0.3 is 0 Å². The Kier molecular flexibility index (Phi) is 11.4. The molecule has 8 nitrogen and oxygen atoms in total. The maximum atomic E-state index is 12.1. The monoisotopic (exact) mass is 518 g/mol. The van der Waals surface area contributed by atoms with Crippen LogP contribution in [0.4, 0.5) is 5.82 Å². The third-order valence-electron chi connectivity index (χ3n) is 4.64. The Hall–Kier alpha value is -1.46. The van der Waals surface area contributed by atoms with Gasteiger partial charge in [0.25, 0.3) is 0 Å². The van der Waals surface area contributed by atoms with Crippen molar-refractivity contribution in [2.24, 2.45) is 4.99 Å². The first-order chi connectivity index (χ1) is 13.4. The molecule has 164 valence electrons. The number of aromatic nitrogens is 1. The van der Waals surface area contributed by atoms with E-state index in [1.807, 2.05) is 26.0 Å². The molecule has 1 aliphatic heterocycles. The molecule has 0 unspecified atom stereocenters. The zero-order valence-corrected chi connectivity index (χ0v) is 20.3. The van der Waals surface area contributed by atoms with E-state index in [2.05, 4.69) is 39.7 Å². The van der Waals surface area contributed by atoms with Crippen molar-refractivity contribution in [1.82, 2.24) is 20.5 Å². The molecule has 0 saturated carbocycles. The second kappa shape index (κ2) is 13.0. The predicted molar refractivity (Wildman–Crippen MR) is 128 cm³/mol. The summed E-state index contributed by atoms with van der Waals surface area (Å²) in [5, 5.41) is 9.30. The highest BCUT2D eigenvalue weighted by Crippen LogP contribution is 2.16. The summed E-state index contributed by atoms with van der Waals surface area (Å²) >= 11 is 0. The standard InChI is InChI=1S/C20H34N6O2.HI/c1-5-21-19(23-15-20(3,4)26-11-13-28-14-12-26)22-10-9-18(27)25-17-8-6-7-16(2)24-17;/h6-8H,5,9-15H2,1-4H3,(H2,21,22,23)(H,24,25,27);1H. The van der Waals surface area contributed by atoms with Crippen LogP contribution in [0.1, 0.15) is 32.9 Å². The van der Waals surface area contributed by atoms with E-state index < -0.39 is 0 Å². The molecule has 0 aliphatic carbocycles. The number of hydrogen-bond acceptors (Lipinski definition) is 5. The van der Waals surface area contributed by atoms with Crippen LogP contribution in [0.3, 0.4) is 0 Å². The summed E-state index contributed by atoms with van der Waals surface area (Å²) < 4.78 is 5.44. The van der Waals surface area contributed by atoms with Crippen LogP contribution in [0, 0.1) is 6.92 Å². The van der Waals surface area contributed by atoms with Crippen LogP contribution in [-0.4, -0.2) is 73.2 Å². The average Bonchev–Trinajstić information content (AvgIpc) is 2.67. The van der Waals surface area contributed by atoms with E-state index in [-0.39, 0.29) is 35.4 Å². The molecule has 2 rings (SSSR count). The minimum absolute atomic E-state index is 0. The summed E-state index contributed by atoms with van der Waals surface area (Å²) in [6.07, 6.45) is 0.340. The number of guanidine groups is 1. The molecule has 9 heteroatoms. The molecule has 2 heterocycles. The van der Waals surface area contributed by atoms with E-state index in [1.54, 1.807) is 6.07 Å². The number of ether oxygens (including phenoxy) is 1.